The molecule has 0 bridgehead atoms. The molecule has 23 heavy (non-hydrogen) atoms. The van der Waals surface area contributed by atoms with Gasteiger partial charge in [0.05, 0.1) is 6.20 Å². The Kier molecular flexibility index (Phi) is 4.55. The maximum atomic E-state index is 6.05. The Bertz CT molecular complexity index is 626. The SMILES string of the molecule is CC(C)(C)c1[nH]ncc1CN1C[C@@H](CN)[C@H](c2ccccc2)C1. The topological polar surface area (TPSA) is 57.9 Å². The van der Waals surface area contributed by atoms with Gasteiger partial charge in [0.15, 0.2) is 0 Å². The molecule has 2 heterocycles. The van der Waals surface area contributed by atoms with E-state index in [0.29, 0.717) is 11.8 Å². The van der Waals surface area contributed by atoms with Crippen LogP contribution in [0, 0.1) is 5.92 Å². The van der Waals surface area contributed by atoms with E-state index < -0.39 is 0 Å². The smallest absolute Gasteiger partial charge is 0.0535 e. The van der Waals surface area contributed by atoms with Gasteiger partial charge < -0.3 is 5.73 Å². The van der Waals surface area contributed by atoms with Gasteiger partial charge in [-0.3, -0.25) is 10.00 Å². The minimum absolute atomic E-state index is 0.0949. The van der Waals surface area contributed by atoms with Gasteiger partial charge in [-0.05, 0) is 18.0 Å². The van der Waals surface area contributed by atoms with Crippen LogP contribution in [0.1, 0.15) is 43.5 Å². The van der Waals surface area contributed by atoms with Crippen molar-refractivity contribution in [2.24, 2.45) is 11.7 Å². The Morgan fingerprint density at radius 3 is 2.61 bits per heavy atom. The van der Waals surface area contributed by atoms with Gasteiger partial charge in [-0.2, -0.15) is 5.10 Å². The van der Waals surface area contributed by atoms with Gasteiger partial charge in [-0.1, -0.05) is 51.1 Å². The number of aromatic nitrogens is 2. The molecule has 2 atom stereocenters. The van der Waals surface area contributed by atoms with Gasteiger partial charge in [0.2, 0.25) is 0 Å². The van der Waals surface area contributed by atoms with E-state index >= 15 is 0 Å². The number of likely N-dealkylation sites (tertiary alicyclic amines) is 1. The molecule has 1 saturated heterocycles. The lowest BCUT2D eigenvalue weighted by Crippen LogP contribution is -2.24. The van der Waals surface area contributed by atoms with E-state index in [4.69, 9.17) is 5.73 Å². The summed E-state index contributed by atoms with van der Waals surface area (Å²) >= 11 is 0. The molecule has 0 radical (unpaired) electrons. The van der Waals surface area contributed by atoms with Crippen LogP contribution in [0.5, 0.6) is 0 Å². The highest BCUT2D eigenvalue weighted by Crippen LogP contribution is 2.33. The first-order valence-electron chi connectivity index (χ1n) is 8.49. The van der Waals surface area contributed by atoms with Gasteiger partial charge in [0.1, 0.15) is 0 Å². The summed E-state index contributed by atoms with van der Waals surface area (Å²) < 4.78 is 0. The van der Waals surface area contributed by atoms with Gasteiger partial charge in [0, 0.05) is 42.2 Å². The average Bonchev–Trinajstić information content (AvgIpc) is 3.14. The third-order valence-electron chi connectivity index (χ3n) is 4.91. The predicted molar refractivity (Wildman–Crippen MR) is 94.3 cm³/mol. The van der Waals surface area contributed by atoms with Crippen molar-refractivity contribution in [3.63, 3.8) is 0 Å². The van der Waals surface area contributed by atoms with Crippen LogP contribution in [0.2, 0.25) is 0 Å². The van der Waals surface area contributed by atoms with E-state index in [0.717, 1.165) is 26.2 Å². The lowest BCUT2D eigenvalue weighted by Gasteiger charge is -2.21. The third kappa shape index (κ3) is 3.48. The number of nitrogens with two attached hydrogens (primary N) is 1. The highest BCUT2D eigenvalue weighted by molar-refractivity contribution is 5.25. The molecular weight excluding hydrogens is 284 g/mol. The largest absolute Gasteiger partial charge is 0.330 e. The molecule has 1 aliphatic heterocycles. The number of nitrogens with one attached hydrogen (secondary N) is 1. The van der Waals surface area contributed by atoms with Crippen LogP contribution in [0.25, 0.3) is 0 Å². The van der Waals surface area contributed by atoms with Gasteiger partial charge in [-0.15, -0.1) is 0 Å². The number of hydrogen-bond acceptors (Lipinski definition) is 3. The van der Waals surface area contributed by atoms with Crippen molar-refractivity contribution in [3.05, 3.63) is 53.3 Å². The molecule has 1 aromatic carbocycles. The van der Waals surface area contributed by atoms with Gasteiger partial charge >= 0.3 is 0 Å². The van der Waals surface area contributed by atoms with Crippen LogP contribution >= 0.6 is 0 Å². The molecule has 124 valence electrons. The first-order chi connectivity index (χ1) is 11.0. The number of rotatable bonds is 4. The highest BCUT2D eigenvalue weighted by atomic mass is 15.2. The Balaban J connectivity index is 1.75. The van der Waals surface area contributed by atoms with E-state index in [1.165, 1.54) is 16.8 Å². The number of hydrogen-bond donors (Lipinski definition) is 2. The van der Waals surface area contributed by atoms with E-state index in [-0.39, 0.29) is 5.41 Å². The fraction of sp³-hybridized carbons (Fsp3) is 0.526. The molecule has 2 aromatic rings. The predicted octanol–water partition coefficient (Wildman–Crippen LogP) is 2.88. The van der Waals surface area contributed by atoms with Crippen LogP contribution in [0.15, 0.2) is 36.5 Å². The molecule has 1 fully saturated rings. The highest BCUT2D eigenvalue weighted by Gasteiger charge is 2.33. The van der Waals surface area contributed by atoms with Crippen molar-refractivity contribution >= 4 is 0 Å². The van der Waals surface area contributed by atoms with Crippen LogP contribution in [-0.4, -0.2) is 34.7 Å². The second kappa shape index (κ2) is 6.46. The van der Waals surface area contributed by atoms with Crippen molar-refractivity contribution in [2.45, 2.75) is 38.6 Å². The molecule has 0 amide bonds. The normalized spacial score (nSPS) is 22.6. The summed E-state index contributed by atoms with van der Waals surface area (Å²) in [5.41, 5.74) is 10.1. The fourth-order valence-electron chi connectivity index (χ4n) is 3.73. The van der Waals surface area contributed by atoms with Gasteiger partial charge in [-0.25, -0.2) is 0 Å². The van der Waals surface area contributed by atoms with E-state index in [1.54, 1.807) is 0 Å². The Morgan fingerprint density at radius 1 is 1.22 bits per heavy atom. The molecular formula is C19H28N4. The van der Waals surface area contributed by atoms with Crippen LogP contribution < -0.4 is 5.73 Å². The molecule has 1 aromatic heterocycles. The zero-order chi connectivity index (χ0) is 16.4. The maximum Gasteiger partial charge on any atom is 0.0535 e. The Hall–Kier alpha value is -1.65. The molecule has 4 heteroatoms. The number of H-pyrrole nitrogens is 1. The third-order valence-corrected chi connectivity index (χ3v) is 4.91. The second-order valence-electron chi connectivity index (χ2n) is 7.73. The number of aromatic amines is 1. The number of nitrogens with zero attached hydrogens (tertiary/aromatic N) is 2. The fourth-order valence-corrected chi connectivity index (χ4v) is 3.73. The van der Waals surface area contributed by atoms with E-state index in [9.17, 15) is 0 Å². The summed E-state index contributed by atoms with van der Waals surface area (Å²) in [7, 11) is 0. The summed E-state index contributed by atoms with van der Waals surface area (Å²) in [5, 5.41) is 7.46. The van der Waals surface area contributed by atoms with Crippen LogP contribution in [0.3, 0.4) is 0 Å². The first-order valence-corrected chi connectivity index (χ1v) is 8.49. The lowest BCUT2D eigenvalue weighted by molar-refractivity contribution is 0.314. The van der Waals surface area contributed by atoms with E-state index in [1.807, 2.05) is 6.20 Å². The molecule has 0 aliphatic carbocycles. The zero-order valence-electron chi connectivity index (χ0n) is 14.4. The molecule has 0 unspecified atom stereocenters. The first kappa shape index (κ1) is 16.2. The molecule has 1 aliphatic rings. The number of benzene rings is 1. The zero-order valence-corrected chi connectivity index (χ0v) is 14.4. The monoisotopic (exact) mass is 312 g/mol. The summed E-state index contributed by atoms with van der Waals surface area (Å²) in [6, 6.07) is 10.8. The van der Waals surface area contributed by atoms with Crippen molar-refractivity contribution < 1.29 is 0 Å². The van der Waals surface area contributed by atoms with Crippen molar-refractivity contribution in [1.82, 2.24) is 15.1 Å². The minimum Gasteiger partial charge on any atom is -0.330 e. The van der Waals surface area contributed by atoms with Crippen LogP contribution in [-0.2, 0) is 12.0 Å². The van der Waals surface area contributed by atoms with Crippen molar-refractivity contribution in [3.8, 4) is 0 Å². The summed E-state index contributed by atoms with van der Waals surface area (Å²) in [6.07, 6.45) is 1.98. The van der Waals surface area contributed by atoms with Gasteiger partial charge in [0.25, 0.3) is 0 Å². The average molecular weight is 312 g/mol. The van der Waals surface area contributed by atoms with E-state index in [2.05, 4.69) is 66.2 Å². The maximum absolute atomic E-state index is 6.05. The quantitative estimate of drug-likeness (QED) is 0.912. The Morgan fingerprint density at radius 2 is 1.96 bits per heavy atom. The Labute approximate surface area is 139 Å². The van der Waals surface area contributed by atoms with Crippen molar-refractivity contribution in [1.29, 1.82) is 0 Å². The molecule has 3 N–H and O–H groups in total. The van der Waals surface area contributed by atoms with Crippen LogP contribution in [0.4, 0.5) is 0 Å². The summed E-state index contributed by atoms with van der Waals surface area (Å²) in [4.78, 5) is 2.52. The second-order valence-corrected chi connectivity index (χ2v) is 7.73. The molecule has 4 nitrogen and oxygen atoms in total. The molecule has 0 spiro atoms. The summed E-state index contributed by atoms with van der Waals surface area (Å²) in [5.74, 6) is 1.06. The lowest BCUT2D eigenvalue weighted by atomic mass is 9.89. The molecule has 0 saturated carbocycles. The molecule has 3 rings (SSSR count). The van der Waals surface area contributed by atoms with Crippen molar-refractivity contribution in [2.75, 3.05) is 19.6 Å². The minimum atomic E-state index is 0.0949. The standard InChI is InChI=1S/C19H28N4/c1-19(2,3)18-16(10-21-22-18)12-23-11-15(9-20)17(13-23)14-7-5-4-6-8-14/h4-8,10,15,17H,9,11-13,20H2,1-3H3,(H,21,22)/t15-,17+/m1/s1. The summed E-state index contributed by atoms with van der Waals surface area (Å²) in [6.45, 7) is 10.5.